The van der Waals surface area contributed by atoms with Crippen molar-refractivity contribution in [3.8, 4) is 22.6 Å². The van der Waals surface area contributed by atoms with E-state index in [-0.39, 0.29) is 5.91 Å². The molecular weight excluding hydrogens is 455 g/mol. The number of amides is 1. The molecule has 6 heteroatoms. The third-order valence-corrected chi connectivity index (χ3v) is 6.03. The first-order valence-electron chi connectivity index (χ1n) is 10.3. The van der Waals surface area contributed by atoms with Crippen molar-refractivity contribution in [3.63, 3.8) is 0 Å². The Hall–Kier alpha value is -3.60. The average Bonchev–Trinajstić information content (AvgIpc) is 3.23. The van der Waals surface area contributed by atoms with Crippen molar-refractivity contribution in [2.45, 2.75) is 6.92 Å². The zero-order chi connectivity index (χ0) is 22.9. The minimum atomic E-state index is -0.288. The maximum absolute atomic E-state index is 13.0. The van der Waals surface area contributed by atoms with Crippen molar-refractivity contribution < 1.29 is 9.21 Å². The first-order valence-corrected chi connectivity index (χ1v) is 11.1. The molecule has 0 bridgehead atoms. The molecule has 0 radical (unpaired) electrons. The van der Waals surface area contributed by atoms with Gasteiger partial charge in [0.2, 0.25) is 5.89 Å². The lowest BCUT2D eigenvalue weighted by Crippen LogP contribution is -2.13. The van der Waals surface area contributed by atoms with E-state index >= 15 is 0 Å². The lowest BCUT2D eigenvalue weighted by atomic mass is 10.0. The predicted octanol–water partition coefficient (Wildman–Crippen LogP) is 8.03. The number of rotatable bonds is 4. The fourth-order valence-electron chi connectivity index (χ4n) is 3.72. The monoisotopic (exact) mass is 472 g/mol. The summed E-state index contributed by atoms with van der Waals surface area (Å²) in [5.41, 5.74) is 5.98. The number of oxazole rings is 1. The van der Waals surface area contributed by atoms with E-state index in [0.717, 1.165) is 22.3 Å². The highest BCUT2D eigenvalue weighted by atomic mass is 35.5. The number of hydrogen-bond donors (Lipinski definition) is 1. The zero-order valence-corrected chi connectivity index (χ0v) is 19.1. The molecule has 0 saturated carbocycles. The van der Waals surface area contributed by atoms with Gasteiger partial charge in [-0.2, -0.15) is 0 Å². The molecule has 4 nitrogen and oxygen atoms in total. The third kappa shape index (κ3) is 4.23. The number of fused-ring (bicyclic) bond motifs is 1. The fraction of sp³-hybridized carbons (Fsp3) is 0.0370. The van der Waals surface area contributed by atoms with Crippen LogP contribution in [0, 0.1) is 6.92 Å². The van der Waals surface area contributed by atoms with E-state index in [2.05, 4.69) is 10.3 Å². The predicted molar refractivity (Wildman–Crippen MR) is 134 cm³/mol. The number of anilines is 1. The van der Waals surface area contributed by atoms with Gasteiger partial charge >= 0.3 is 0 Å². The van der Waals surface area contributed by atoms with Gasteiger partial charge in [0.25, 0.3) is 5.91 Å². The Bertz CT molecular complexity index is 1490. The maximum atomic E-state index is 13.0. The Morgan fingerprint density at radius 1 is 0.879 bits per heavy atom. The van der Waals surface area contributed by atoms with E-state index in [9.17, 15) is 4.79 Å². The van der Waals surface area contributed by atoms with Gasteiger partial charge in [0.05, 0.1) is 10.6 Å². The van der Waals surface area contributed by atoms with Crippen LogP contribution in [-0.4, -0.2) is 10.9 Å². The number of carbonyl (C=O) groups excluding carboxylic acids is 1. The molecule has 0 aliphatic rings. The molecule has 0 atom stereocenters. The van der Waals surface area contributed by atoms with E-state index in [4.69, 9.17) is 27.6 Å². The zero-order valence-electron chi connectivity index (χ0n) is 17.6. The molecule has 1 amide bonds. The molecule has 5 aromatic rings. The van der Waals surface area contributed by atoms with Gasteiger partial charge in [-0.05, 0) is 66.1 Å². The smallest absolute Gasteiger partial charge is 0.257 e. The number of benzene rings is 4. The van der Waals surface area contributed by atoms with Gasteiger partial charge in [-0.15, -0.1) is 0 Å². The van der Waals surface area contributed by atoms with Gasteiger partial charge < -0.3 is 9.73 Å². The first kappa shape index (κ1) is 21.3. The molecule has 162 valence electrons. The van der Waals surface area contributed by atoms with Crippen LogP contribution in [0.15, 0.2) is 89.3 Å². The summed E-state index contributed by atoms with van der Waals surface area (Å²) in [5, 5.41) is 3.95. The molecule has 1 heterocycles. The number of halogens is 2. The summed E-state index contributed by atoms with van der Waals surface area (Å²) < 4.78 is 5.91. The third-order valence-electron chi connectivity index (χ3n) is 5.48. The van der Waals surface area contributed by atoms with Gasteiger partial charge in [-0.25, -0.2) is 4.98 Å². The molecular formula is C27H18Cl2N2O2. The minimum absolute atomic E-state index is 0.288. The lowest BCUT2D eigenvalue weighted by Gasteiger charge is -2.12. The molecule has 1 N–H and O–H groups in total. The van der Waals surface area contributed by atoms with Gasteiger partial charge in [0, 0.05) is 16.3 Å². The molecule has 5 rings (SSSR count). The number of nitrogens with zero attached hydrogens (tertiary/aromatic N) is 1. The molecule has 0 aliphatic carbocycles. The van der Waals surface area contributed by atoms with Crippen LogP contribution in [0.1, 0.15) is 15.9 Å². The highest BCUT2D eigenvalue weighted by Gasteiger charge is 2.16. The van der Waals surface area contributed by atoms with Crippen LogP contribution < -0.4 is 5.32 Å². The van der Waals surface area contributed by atoms with Crippen LogP contribution in [-0.2, 0) is 0 Å². The van der Waals surface area contributed by atoms with Crippen molar-refractivity contribution in [2.75, 3.05) is 5.32 Å². The Morgan fingerprint density at radius 3 is 2.48 bits per heavy atom. The number of hydrogen-bond acceptors (Lipinski definition) is 3. The molecule has 33 heavy (non-hydrogen) atoms. The van der Waals surface area contributed by atoms with Gasteiger partial charge in [0.15, 0.2) is 5.58 Å². The van der Waals surface area contributed by atoms with E-state index in [0.29, 0.717) is 38.3 Å². The molecule has 0 unspecified atom stereocenters. The highest BCUT2D eigenvalue weighted by Crippen LogP contribution is 2.32. The van der Waals surface area contributed by atoms with E-state index in [1.54, 1.807) is 30.3 Å². The second-order valence-corrected chi connectivity index (χ2v) is 8.47. The van der Waals surface area contributed by atoms with Gasteiger partial charge in [0.1, 0.15) is 5.52 Å². The minimum Gasteiger partial charge on any atom is -0.436 e. The van der Waals surface area contributed by atoms with Crippen molar-refractivity contribution in [3.05, 3.63) is 106 Å². The first-order chi connectivity index (χ1) is 16.0. The molecule has 0 spiro atoms. The van der Waals surface area contributed by atoms with E-state index in [1.807, 2.05) is 61.5 Å². The van der Waals surface area contributed by atoms with Crippen LogP contribution in [0.2, 0.25) is 10.0 Å². The Kier molecular flexibility index (Phi) is 5.63. The summed E-state index contributed by atoms with van der Waals surface area (Å²) in [6, 6.07) is 26.2. The summed E-state index contributed by atoms with van der Waals surface area (Å²) in [4.78, 5) is 17.6. The van der Waals surface area contributed by atoms with Crippen molar-refractivity contribution in [1.82, 2.24) is 4.98 Å². The van der Waals surface area contributed by atoms with Crippen LogP contribution in [0.3, 0.4) is 0 Å². The molecule has 1 aromatic heterocycles. The van der Waals surface area contributed by atoms with E-state index < -0.39 is 0 Å². The van der Waals surface area contributed by atoms with E-state index in [1.165, 1.54) is 0 Å². The Morgan fingerprint density at radius 2 is 1.70 bits per heavy atom. The Labute approximate surface area is 200 Å². The highest BCUT2D eigenvalue weighted by molar-refractivity contribution is 6.34. The van der Waals surface area contributed by atoms with Crippen LogP contribution in [0.25, 0.3) is 33.7 Å². The number of aromatic nitrogens is 1. The maximum Gasteiger partial charge on any atom is 0.257 e. The molecule has 0 saturated heterocycles. The van der Waals surface area contributed by atoms with Crippen LogP contribution in [0.4, 0.5) is 5.69 Å². The van der Waals surface area contributed by atoms with Crippen LogP contribution >= 0.6 is 23.2 Å². The normalized spacial score (nSPS) is 11.0. The summed E-state index contributed by atoms with van der Waals surface area (Å²) >= 11 is 12.5. The second-order valence-electron chi connectivity index (χ2n) is 7.62. The van der Waals surface area contributed by atoms with Crippen LogP contribution in [0.5, 0.6) is 0 Å². The Balaban J connectivity index is 1.43. The quantitative estimate of drug-likeness (QED) is 0.288. The molecule has 0 aliphatic heterocycles. The average molecular weight is 473 g/mol. The summed E-state index contributed by atoms with van der Waals surface area (Å²) in [6.07, 6.45) is 0. The van der Waals surface area contributed by atoms with Gasteiger partial charge in [-0.3, -0.25) is 4.79 Å². The SMILES string of the molecule is Cc1c(NC(=O)c2ccc(-c3ccccc3)cc2Cl)cccc1-c1nc2cc(Cl)ccc2o1. The van der Waals surface area contributed by atoms with Crippen molar-refractivity contribution in [1.29, 1.82) is 0 Å². The summed E-state index contributed by atoms with van der Waals surface area (Å²) in [5.74, 6) is 0.176. The summed E-state index contributed by atoms with van der Waals surface area (Å²) in [7, 11) is 0. The van der Waals surface area contributed by atoms with Crippen molar-refractivity contribution in [2.24, 2.45) is 0 Å². The topological polar surface area (TPSA) is 55.1 Å². The van der Waals surface area contributed by atoms with Crippen molar-refractivity contribution >= 4 is 45.9 Å². The lowest BCUT2D eigenvalue weighted by molar-refractivity contribution is 0.102. The fourth-order valence-corrected chi connectivity index (χ4v) is 4.15. The molecule has 0 fully saturated rings. The second kappa shape index (κ2) is 8.74. The number of carbonyl (C=O) groups is 1. The summed E-state index contributed by atoms with van der Waals surface area (Å²) in [6.45, 7) is 1.91. The standard InChI is InChI=1S/C27H18Cl2N2O2/c1-16-20(27-31-24-15-19(28)11-13-25(24)33-27)8-5-9-23(16)30-26(32)21-12-10-18(14-22(21)29)17-6-3-2-4-7-17/h2-15H,1H3,(H,30,32). The number of nitrogens with one attached hydrogen (secondary N) is 1. The molecule has 4 aromatic carbocycles. The van der Waals surface area contributed by atoms with Gasteiger partial charge in [-0.1, -0.05) is 65.7 Å². The largest absolute Gasteiger partial charge is 0.436 e.